The van der Waals surface area contributed by atoms with Gasteiger partial charge in [-0.15, -0.1) is 10.2 Å². The average Bonchev–Trinajstić information content (AvgIpc) is 3.53. The predicted molar refractivity (Wildman–Crippen MR) is 141 cm³/mol. The molecule has 0 spiro atoms. The fraction of sp³-hybridized carbons (Fsp3) is 0.480. The molecule has 37 heavy (non-hydrogen) atoms. The number of benzene rings is 1. The normalized spacial score (nSPS) is 20.9. The van der Waals surface area contributed by atoms with Crippen LogP contribution in [0.1, 0.15) is 57.3 Å². The Bertz CT molecular complexity index is 1660. The first-order valence-corrected chi connectivity index (χ1v) is 15.6. The van der Waals surface area contributed by atoms with E-state index in [9.17, 15) is 16.8 Å². The maximum Gasteiger partial charge on any atom is 0.269 e. The highest BCUT2D eigenvalue weighted by molar-refractivity contribution is 7.90. The highest BCUT2D eigenvalue weighted by Crippen LogP contribution is 2.40. The van der Waals surface area contributed by atoms with Crippen molar-refractivity contribution < 1.29 is 16.8 Å². The molecule has 0 unspecified atom stereocenters. The molecule has 0 aliphatic heterocycles. The van der Waals surface area contributed by atoms with Gasteiger partial charge in [0.25, 0.3) is 10.0 Å². The highest BCUT2D eigenvalue weighted by atomic mass is 32.2. The maximum atomic E-state index is 13.4. The summed E-state index contributed by atoms with van der Waals surface area (Å²) in [4.78, 5) is 4.58. The van der Waals surface area contributed by atoms with Crippen molar-refractivity contribution in [2.24, 2.45) is 11.8 Å². The van der Waals surface area contributed by atoms with Crippen LogP contribution < -0.4 is 4.72 Å². The maximum absolute atomic E-state index is 13.4. The third kappa shape index (κ3) is 4.89. The molecule has 1 fully saturated rings. The summed E-state index contributed by atoms with van der Waals surface area (Å²) in [6, 6.07) is 8.21. The van der Waals surface area contributed by atoms with Crippen molar-refractivity contribution in [2.75, 3.05) is 5.75 Å². The molecule has 1 saturated carbocycles. The first-order chi connectivity index (χ1) is 17.5. The van der Waals surface area contributed by atoms with Crippen LogP contribution in [-0.2, 0) is 20.0 Å². The van der Waals surface area contributed by atoms with Crippen LogP contribution in [0.2, 0.25) is 0 Å². The molecule has 10 nitrogen and oxygen atoms in total. The molecule has 3 atom stereocenters. The summed E-state index contributed by atoms with van der Waals surface area (Å²) < 4.78 is 57.9. The number of nitrogens with zero attached hydrogens (tertiary/aromatic N) is 5. The Hall–Kier alpha value is -2.83. The predicted octanol–water partition coefficient (Wildman–Crippen LogP) is 3.47. The largest absolute Gasteiger partial charge is 0.274 e. The lowest BCUT2D eigenvalue weighted by Gasteiger charge is -2.14. The van der Waals surface area contributed by atoms with Crippen LogP contribution in [0.3, 0.4) is 0 Å². The number of hydrogen-bond donors (Lipinski definition) is 1. The van der Waals surface area contributed by atoms with Crippen LogP contribution in [-0.4, -0.2) is 52.2 Å². The quantitative estimate of drug-likeness (QED) is 0.360. The minimum atomic E-state index is -3.85. The first kappa shape index (κ1) is 25.8. The lowest BCUT2D eigenvalue weighted by molar-refractivity contribution is 0.505. The summed E-state index contributed by atoms with van der Waals surface area (Å²) in [5, 5.41) is 8.73. The van der Waals surface area contributed by atoms with Crippen molar-refractivity contribution in [3.63, 3.8) is 0 Å². The summed E-state index contributed by atoms with van der Waals surface area (Å²) >= 11 is 0. The van der Waals surface area contributed by atoms with Gasteiger partial charge in [0.05, 0.1) is 22.4 Å². The molecule has 0 saturated heterocycles. The van der Waals surface area contributed by atoms with Gasteiger partial charge in [-0.05, 0) is 56.2 Å². The molecule has 1 aromatic carbocycles. The molecular formula is C25H32N6O4S2. The first-order valence-electron chi connectivity index (χ1n) is 12.5. The molecule has 1 aliphatic carbocycles. The topological polar surface area (TPSA) is 128 Å². The van der Waals surface area contributed by atoms with E-state index < -0.39 is 20.0 Å². The number of rotatable bonds is 8. The van der Waals surface area contributed by atoms with Gasteiger partial charge in [0.15, 0.2) is 11.3 Å². The number of nitrogens with one attached hydrogen (secondary N) is 1. The van der Waals surface area contributed by atoms with Crippen molar-refractivity contribution in [2.45, 2.75) is 63.8 Å². The molecule has 0 bridgehead atoms. The fourth-order valence-corrected chi connectivity index (χ4v) is 8.01. The monoisotopic (exact) mass is 544 g/mol. The van der Waals surface area contributed by atoms with Crippen molar-refractivity contribution in [1.82, 2.24) is 28.3 Å². The van der Waals surface area contributed by atoms with Crippen LogP contribution in [0.5, 0.6) is 0 Å². The summed E-state index contributed by atoms with van der Waals surface area (Å²) in [5.74, 6) is 1.22. The smallest absolute Gasteiger partial charge is 0.269 e. The van der Waals surface area contributed by atoms with Crippen LogP contribution in [0.25, 0.3) is 16.8 Å². The molecular weight excluding hydrogens is 512 g/mol. The Balaban J connectivity index is 1.48. The Morgan fingerprint density at radius 2 is 1.78 bits per heavy atom. The van der Waals surface area contributed by atoms with E-state index in [-0.39, 0.29) is 34.2 Å². The molecule has 1 N–H and O–H groups in total. The number of hydrogen-bond acceptors (Lipinski definition) is 7. The van der Waals surface area contributed by atoms with Crippen molar-refractivity contribution in [3.05, 3.63) is 54.1 Å². The van der Waals surface area contributed by atoms with Gasteiger partial charge in [0, 0.05) is 18.2 Å². The zero-order valence-corrected chi connectivity index (χ0v) is 23.0. The zero-order valence-electron chi connectivity index (χ0n) is 21.4. The van der Waals surface area contributed by atoms with E-state index in [1.165, 1.54) is 16.4 Å². The summed E-state index contributed by atoms with van der Waals surface area (Å²) in [7, 11) is -7.22. The van der Waals surface area contributed by atoms with E-state index in [2.05, 4.69) is 26.8 Å². The number of fused-ring (bicyclic) bond motifs is 3. The summed E-state index contributed by atoms with van der Waals surface area (Å²) in [5.41, 5.74) is 2.35. The van der Waals surface area contributed by atoms with E-state index in [1.807, 2.05) is 25.2 Å². The lowest BCUT2D eigenvalue weighted by atomic mass is 9.97. The molecule has 5 rings (SSSR count). The SMILES string of the molecule is Cc1ccc(S(=O)(=O)n2ccc3c2ncc2nnc([C@H]4C[C@@H](NS(=O)(=O)CCC(C)C)C[C@H]4C)n23)cc1. The molecule has 198 valence electrons. The van der Waals surface area contributed by atoms with Crippen LogP contribution >= 0.6 is 0 Å². The van der Waals surface area contributed by atoms with Crippen molar-refractivity contribution >= 4 is 36.9 Å². The second kappa shape index (κ2) is 9.48. The third-order valence-electron chi connectivity index (χ3n) is 7.16. The standard InChI is InChI=1S/C25H32N6O4S2/c1-16(2)10-12-36(32,33)29-19-13-18(4)21(14-19)24-28-27-23-15-26-25-22(31(23)24)9-11-30(25)37(34,35)20-7-5-17(3)6-8-20/h5-9,11,15-16,18-19,21,29H,10,12-14H2,1-4H3/t18-,19+,21+/m1/s1. The minimum Gasteiger partial charge on any atom is -0.274 e. The molecule has 1 aliphatic rings. The second-order valence-electron chi connectivity index (χ2n) is 10.5. The van der Waals surface area contributed by atoms with Gasteiger partial charge in [-0.3, -0.25) is 4.40 Å². The van der Waals surface area contributed by atoms with Gasteiger partial charge in [-0.25, -0.2) is 30.5 Å². The minimum absolute atomic E-state index is 0.0459. The molecule has 0 radical (unpaired) electrons. The lowest BCUT2D eigenvalue weighted by Crippen LogP contribution is -2.35. The molecule has 3 aromatic heterocycles. The fourth-order valence-electron chi connectivity index (χ4n) is 5.12. The Morgan fingerprint density at radius 3 is 2.49 bits per heavy atom. The highest BCUT2D eigenvalue weighted by Gasteiger charge is 2.37. The molecule has 12 heteroatoms. The summed E-state index contributed by atoms with van der Waals surface area (Å²) in [6.07, 6.45) is 4.92. The van der Waals surface area contributed by atoms with E-state index in [0.29, 0.717) is 42.2 Å². The Morgan fingerprint density at radius 1 is 1.05 bits per heavy atom. The van der Waals surface area contributed by atoms with Gasteiger partial charge in [0.1, 0.15) is 5.82 Å². The van der Waals surface area contributed by atoms with E-state index >= 15 is 0 Å². The van der Waals surface area contributed by atoms with Gasteiger partial charge in [-0.1, -0.05) is 38.5 Å². The van der Waals surface area contributed by atoms with E-state index in [0.717, 1.165) is 5.56 Å². The Labute approximate surface area is 217 Å². The van der Waals surface area contributed by atoms with Gasteiger partial charge >= 0.3 is 0 Å². The summed E-state index contributed by atoms with van der Waals surface area (Å²) in [6.45, 7) is 8.00. The number of aryl methyl sites for hydroxylation is 1. The average molecular weight is 545 g/mol. The van der Waals surface area contributed by atoms with Crippen LogP contribution in [0.4, 0.5) is 0 Å². The third-order valence-corrected chi connectivity index (χ3v) is 10.3. The van der Waals surface area contributed by atoms with Crippen LogP contribution in [0.15, 0.2) is 47.6 Å². The molecule has 4 aromatic rings. The second-order valence-corrected chi connectivity index (χ2v) is 14.2. The van der Waals surface area contributed by atoms with Crippen LogP contribution in [0, 0.1) is 18.8 Å². The van der Waals surface area contributed by atoms with E-state index in [4.69, 9.17) is 0 Å². The zero-order chi connectivity index (χ0) is 26.5. The molecule has 0 amide bonds. The molecule has 3 heterocycles. The van der Waals surface area contributed by atoms with Crippen molar-refractivity contribution in [1.29, 1.82) is 0 Å². The number of sulfonamides is 1. The van der Waals surface area contributed by atoms with Gasteiger partial charge in [-0.2, -0.15) is 0 Å². The van der Waals surface area contributed by atoms with Gasteiger partial charge < -0.3 is 0 Å². The van der Waals surface area contributed by atoms with Crippen molar-refractivity contribution in [3.8, 4) is 0 Å². The van der Waals surface area contributed by atoms with E-state index in [1.54, 1.807) is 30.3 Å². The Kier molecular flexibility index (Phi) is 6.61. The number of aromatic nitrogens is 5. The van der Waals surface area contributed by atoms with Gasteiger partial charge in [0.2, 0.25) is 10.0 Å².